The fourth-order valence-corrected chi connectivity index (χ4v) is 3.80. The molecule has 138 valence electrons. The summed E-state index contributed by atoms with van der Waals surface area (Å²) in [5.41, 5.74) is 8.04. The zero-order chi connectivity index (χ0) is 18.5. The maximum absolute atomic E-state index is 12.8. The molecule has 0 radical (unpaired) electrons. The van der Waals surface area contributed by atoms with Gasteiger partial charge in [-0.2, -0.15) is 0 Å². The van der Waals surface area contributed by atoms with E-state index in [0.717, 1.165) is 46.6 Å². The number of aromatic nitrogens is 1. The largest absolute Gasteiger partial charge is 0.461 e. The molecule has 0 saturated heterocycles. The summed E-state index contributed by atoms with van der Waals surface area (Å²) in [6.07, 6.45) is 3.77. The lowest BCUT2D eigenvalue weighted by Gasteiger charge is -2.16. The Morgan fingerprint density at radius 1 is 1.31 bits per heavy atom. The van der Waals surface area contributed by atoms with Crippen LogP contribution in [0.1, 0.15) is 46.6 Å². The second-order valence-corrected chi connectivity index (χ2v) is 7.37. The van der Waals surface area contributed by atoms with Gasteiger partial charge in [-0.25, -0.2) is 4.98 Å². The molecule has 2 aromatic heterocycles. The molecule has 0 atom stereocenters. The summed E-state index contributed by atoms with van der Waals surface area (Å²) in [5.74, 6) is 0.908. The molecule has 2 N–H and O–H groups in total. The SMILES string of the molecule is CCCCc1oc2ccccc2c1CN(C)C(=O)c1csc(CCN)n1. The number of aryl methyl sites for hydroxylation is 1. The van der Waals surface area contributed by atoms with Gasteiger partial charge in [-0.1, -0.05) is 31.5 Å². The van der Waals surface area contributed by atoms with E-state index < -0.39 is 0 Å². The smallest absolute Gasteiger partial charge is 0.273 e. The second kappa shape index (κ2) is 8.47. The summed E-state index contributed by atoms with van der Waals surface area (Å²) < 4.78 is 6.06. The number of benzene rings is 1. The number of thiazole rings is 1. The van der Waals surface area contributed by atoms with Crippen LogP contribution in [0.2, 0.25) is 0 Å². The van der Waals surface area contributed by atoms with E-state index in [0.29, 0.717) is 25.2 Å². The summed E-state index contributed by atoms with van der Waals surface area (Å²) in [4.78, 5) is 18.9. The number of nitrogens with zero attached hydrogens (tertiary/aromatic N) is 2. The van der Waals surface area contributed by atoms with Crippen LogP contribution in [0, 0.1) is 0 Å². The number of nitrogens with two attached hydrogens (primary N) is 1. The van der Waals surface area contributed by atoms with Crippen LogP contribution in [0.5, 0.6) is 0 Å². The Bertz CT molecular complexity index is 884. The number of hydrogen-bond donors (Lipinski definition) is 1. The van der Waals surface area contributed by atoms with Crippen LogP contribution >= 0.6 is 11.3 Å². The quantitative estimate of drug-likeness (QED) is 0.649. The normalized spacial score (nSPS) is 11.2. The van der Waals surface area contributed by atoms with E-state index in [9.17, 15) is 4.79 Å². The lowest BCUT2D eigenvalue weighted by atomic mass is 10.1. The third-order valence-electron chi connectivity index (χ3n) is 4.41. The summed E-state index contributed by atoms with van der Waals surface area (Å²) in [6, 6.07) is 8.02. The number of carbonyl (C=O) groups excluding carboxylic acids is 1. The topological polar surface area (TPSA) is 72.4 Å². The van der Waals surface area contributed by atoms with Gasteiger partial charge in [0.1, 0.15) is 17.0 Å². The van der Waals surface area contributed by atoms with E-state index >= 15 is 0 Å². The average molecular weight is 372 g/mol. The van der Waals surface area contributed by atoms with Gasteiger partial charge in [0.15, 0.2) is 0 Å². The maximum Gasteiger partial charge on any atom is 0.273 e. The molecule has 0 aliphatic heterocycles. The Morgan fingerprint density at radius 2 is 2.12 bits per heavy atom. The molecule has 3 aromatic rings. The van der Waals surface area contributed by atoms with Gasteiger partial charge in [0.2, 0.25) is 0 Å². The first-order valence-electron chi connectivity index (χ1n) is 9.03. The molecule has 0 saturated carbocycles. The second-order valence-electron chi connectivity index (χ2n) is 6.43. The van der Waals surface area contributed by atoms with E-state index in [1.54, 1.807) is 4.90 Å². The number of hydrogen-bond acceptors (Lipinski definition) is 5. The van der Waals surface area contributed by atoms with Crippen LogP contribution in [0.15, 0.2) is 34.1 Å². The standard InChI is InChI=1S/C20H25N3O2S/c1-3-4-8-18-15(14-7-5-6-9-17(14)25-18)12-23(2)20(24)16-13-26-19(22-16)10-11-21/h5-7,9,13H,3-4,8,10-12,21H2,1-2H3. The van der Waals surface area contributed by atoms with E-state index in [2.05, 4.69) is 18.0 Å². The lowest BCUT2D eigenvalue weighted by molar-refractivity contribution is 0.0780. The first kappa shape index (κ1) is 18.6. The monoisotopic (exact) mass is 371 g/mol. The van der Waals surface area contributed by atoms with Crippen LogP contribution in [0.3, 0.4) is 0 Å². The van der Waals surface area contributed by atoms with Crippen LogP contribution < -0.4 is 5.73 Å². The van der Waals surface area contributed by atoms with Crippen molar-refractivity contribution in [1.29, 1.82) is 0 Å². The average Bonchev–Trinajstić information content (AvgIpc) is 3.25. The van der Waals surface area contributed by atoms with Crippen molar-refractivity contribution >= 4 is 28.2 Å². The highest BCUT2D eigenvalue weighted by atomic mass is 32.1. The fourth-order valence-electron chi connectivity index (χ4n) is 3.01. The molecule has 1 aromatic carbocycles. The molecule has 0 aliphatic rings. The molecule has 0 spiro atoms. The van der Waals surface area contributed by atoms with Crippen molar-refractivity contribution in [3.63, 3.8) is 0 Å². The van der Waals surface area contributed by atoms with Crippen molar-refractivity contribution in [1.82, 2.24) is 9.88 Å². The van der Waals surface area contributed by atoms with Crippen LogP contribution in [0.25, 0.3) is 11.0 Å². The van der Waals surface area contributed by atoms with Gasteiger partial charge in [-0.3, -0.25) is 4.79 Å². The van der Waals surface area contributed by atoms with Gasteiger partial charge in [-0.05, 0) is 19.0 Å². The summed E-state index contributed by atoms with van der Waals surface area (Å²) in [6.45, 7) is 3.22. The highest BCUT2D eigenvalue weighted by Crippen LogP contribution is 2.28. The molecule has 6 heteroatoms. The molecule has 0 bridgehead atoms. The van der Waals surface area contributed by atoms with Gasteiger partial charge in [0.05, 0.1) is 5.01 Å². The van der Waals surface area contributed by atoms with E-state index in [1.807, 2.05) is 30.6 Å². The van der Waals surface area contributed by atoms with E-state index in [4.69, 9.17) is 10.2 Å². The van der Waals surface area contributed by atoms with Gasteiger partial charge in [0.25, 0.3) is 5.91 Å². The third kappa shape index (κ3) is 3.97. The fraction of sp³-hybridized carbons (Fsp3) is 0.400. The minimum atomic E-state index is -0.0729. The summed E-state index contributed by atoms with van der Waals surface area (Å²) in [7, 11) is 1.82. The highest BCUT2D eigenvalue weighted by molar-refractivity contribution is 7.09. The Labute approximate surface area is 157 Å². The first-order valence-corrected chi connectivity index (χ1v) is 9.91. The van der Waals surface area contributed by atoms with Crippen molar-refractivity contribution in [3.05, 3.63) is 51.7 Å². The molecular formula is C20H25N3O2S. The third-order valence-corrected chi connectivity index (χ3v) is 5.32. The Kier molecular flexibility index (Phi) is 6.06. The number of amides is 1. The van der Waals surface area contributed by atoms with Crippen LogP contribution in [0.4, 0.5) is 0 Å². The van der Waals surface area contributed by atoms with Gasteiger partial charge < -0.3 is 15.1 Å². The predicted molar refractivity (Wildman–Crippen MR) is 105 cm³/mol. The van der Waals surface area contributed by atoms with Crippen LogP contribution in [-0.2, 0) is 19.4 Å². The van der Waals surface area contributed by atoms with Crippen molar-refractivity contribution < 1.29 is 9.21 Å². The molecule has 26 heavy (non-hydrogen) atoms. The molecule has 2 heterocycles. The number of carbonyl (C=O) groups is 1. The van der Waals surface area contributed by atoms with Gasteiger partial charge in [0, 0.05) is 42.8 Å². The van der Waals surface area contributed by atoms with Gasteiger partial charge in [-0.15, -0.1) is 11.3 Å². The minimum absolute atomic E-state index is 0.0729. The number of furan rings is 1. The molecule has 1 amide bonds. The number of rotatable bonds is 8. The van der Waals surface area contributed by atoms with Gasteiger partial charge >= 0.3 is 0 Å². The van der Waals surface area contributed by atoms with Crippen molar-refractivity contribution in [2.24, 2.45) is 5.73 Å². The molecule has 0 aliphatic carbocycles. The lowest BCUT2D eigenvalue weighted by Crippen LogP contribution is -2.27. The highest BCUT2D eigenvalue weighted by Gasteiger charge is 2.20. The van der Waals surface area contributed by atoms with Crippen molar-refractivity contribution in [3.8, 4) is 0 Å². The number of unbranched alkanes of at least 4 members (excludes halogenated alkanes) is 1. The molecule has 0 fully saturated rings. The molecule has 3 rings (SSSR count). The Morgan fingerprint density at radius 3 is 2.88 bits per heavy atom. The maximum atomic E-state index is 12.8. The van der Waals surface area contributed by atoms with Crippen LogP contribution in [-0.4, -0.2) is 29.4 Å². The Hall–Kier alpha value is -2.18. The van der Waals surface area contributed by atoms with E-state index in [1.165, 1.54) is 11.3 Å². The predicted octanol–water partition coefficient (Wildman–Crippen LogP) is 4.01. The van der Waals surface area contributed by atoms with E-state index in [-0.39, 0.29) is 5.91 Å². The van der Waals surface area contributed by atoms with Crippen molar-refractivity contribution in [2.75, 3.05) is 13.6 Å². The zero-order valence-electron chi connectivity index (χ0n) is 15.3. The first-order chi connectivity index (χ1) is 12.6. The zero-order valence-corrected chi connectivity index (χ0v) is 16.1. The minimum Gasteiger partial charge on any atom is -0.461 e. The molecule has 5 nitrogen and oxygen atoms in total. The van der Waals surface area contributed by atoms with Crippen molar-refractivity contribution in [2.45, 2.75) is 39.2 Å². The molecular weight excluding hydrogens is 346 g/mol. The molecule has 0 unspecified atom stereocenters. The summed E-state index contributed by atoms with van der Waals surface area (Å²) >= 11 is 1.49. The number of para-hydroxylation sites is 1. The summed E-state index contributed by atoms with van der Waals surface area (Å²) in [5, 5.41) is 3.80. The number of fused-ring (bicyclic) bond motifs is 1. The Balaban J connectivity index is 1.83.